The molecule has 86 valence electrons. The van der Waals surface area contributed by atoms with Crippen molar-refractivity contribution in [2.75, 3.05) is 6.54 Å². The van der Waals surface area contributed by atoms with Crippen molar-refractivity contribution in [2.24, 2.45) is 11.1 Å². The highest BCUT2D eigenvalue weighted by Gasteiger charge is 2.19. The van der Waals surface area contributed by atoms with Gasteiger partial charge in [0.1, 0.15) is 0 Å². The molecule has 0 amide bonds. The first-order chi connectivity index (χ1) is 6.94. The van der Waals surface area contributed by atoms with Crippen LogP contribution >= 0.6 is 11.3 Å². The van der Waals surface area contributed by atoms with Crippen molar-refractivity contribution in [2.45, 2.75) is 46.5 Å². The van der Waals surface area contributed by atoms with Crippen LogP contribution in [0.1, 0.15) is 50.7 Å². The number of thiazole rings is 1. The van der Waals surface area contributed by atoms with Gasteiger partial charge in [0, 0.05) is 11.8 Å². The normalized spacial score (nSPS) is 12.4. The van der Waals surface area contributed by atoms with Crippen LogP contribution in [0.5, 0.6) is 0 Å². The van der Waals surface area contributed by atoms with Gasteiger partial charge in [0.2, 0.25) is 0 Å². The molecule has 0 fully saturated rings. The fourth-order valence-electron chi connectivity index (χ4n) is 1.56. The Morgan fingerprint density at radius 3 is 2.60 bits per heavy atom. The van der Waals surface area contributed by atoms with Crippen LogP contribution < -0.4 is 5.73 Å². The average molecular weight is 226 g/mol. The number of nitrogens with two attached hydrogens (primary N) is 1. The van der Waals surface area contributed by atoms with Crippen molar-refractivity contribution in [1.82, 2.24) is 4.98 Å². The number of nitrogens with zero attached hydrogens (tertiary/aromatic N) is 1. The molecular formula is C12H22N2S. The van der Waals surface area contributed by atoms with Gasteiger partial charge in [0.15, 0.2) is 0 Å². The van der Waals surface area contributed by atoms with Crippen LogP contribution in [-0.4, -0.2) is 11.5 Å². The SMILES string of the molecule is CC(C)c1csc(CC(C)(C)CCN)n1. The van der Waals surface area contributed by atoms with Crippen molar-refractivity contribution >= 4 is 11.3 Å². The van der Waals surface area contributed by atoms with Gasteiger partial charge in [-0.15, -0.1) is 11.3 Å². The average Bonchev–Trinajstić information content (AvgIpc) is 2.51. The highest BCUT2D eigenvalue weighted by Crippen LogP contribution is 2.28. The summed E-state index contributed by atoms with van der Waals surface area (Å²) in [5, 5.41) is 3.43. The lowest BCUT2D eigenvalue weighted by molar-refractivity contribution is 0.338. The Labute approximate surface area is 96.9 Å². The van der Waals surface area contributed by atoms with E-state index in [1.165, 1.54) is 10.7 Å². The molecule has 0 spiro atoms. The number of aromatic nitrogens is 1. The standard InChI is InChI=1S/C12H22N2S/c1-9(2)10-8-15-11(14-10)7-12(3,4)5-6-13/h8-9H,5-7,13H2,1-4H3. The number of hydrogen-bond acceptors (Lipinski definition) is 3. The second kappa shape index (κ2) is 5.08. The Morgan fingerprint density at radius 2 is 2.13 bits per heavy atom. The van der Waals surface area contributed by atoms with Crippen molar-refractivity contribution in [3.63, 3.8) is 0 Å². The maximum absolute atomic E-state index is 5.60. The van der Waals surface area contributed by atoms with E-state index < -0.39 is 0 Å². The Balaban J connectivity index is 2.64. The van der Waals surface area contributed by atoms with E-state index in [-0.39, 0.29) is 5.41 Å². The van der Waals surface area contributed by atoms with Gasteiger partial charge in [0.05, 0.1) is 10.7 Å². The van der Waals surface area contributed by atoms with E-state index in [2.05, 4.69) is 38.1 Å². The minimum Gasteiger partial charge on any atom is -0.330 e. The fraction of sp³-hybridized carbons (Fsp3) is 0.750. The van der Waals surface area contributed by atoms with Crippen LogP contribution in [0.25, 0.3) is 0 Å². The molecule has 15 heavy (non-hydrogen) atoms. The lowest BCUT2D eigenvalue weighted by atomic mass is 9.86. The monoisotopic (exact) mass is 226 g/mol. The summed E-state index contributed by atoms with van der Waals surface area (Å²) in [6.45, 7) is 9.65. The number of hydrogen-bond donors (Lipinski definition) is 1. The predicted octanol–water partition coefficient (Wildman–Crippen LogP) is 3.18. The summed E-state index contributed by atoms with van der Waals surface area (Å²) >= 11 is 1.78. The molecular weight excluding hydrogens is 204 g/mol. The van der Waals surface area contributed by atoms with Crippen LogP contribution in [0.2, 0.25) is 0 Å². The minimum atomic E-state index is 0.279. The summed E-state index contributed by atoms with van der Waals surface area (Å²) in [5.74, 6) is 0.535. The fourth-order valence-corrected chi connectivity index (χ4v) is 2.77. The molecule has 0 saturated heterocycles. The molecule has 0 aliphatic heterocycles. The Kier molecular flexibility index (Phi) is 4.29. The summed E-state index contributed by atoms with van der Waals surface area (Å²) in [6, 6.07) is 0. The quantitative estimate of drug-likeness (QED) is 0.837. The van der Waals surface area contributed by atoms with Crippen molar-refractivity contribution < 1.29 is 0 Å². The largest absolute Gasteiger partial charge is 0.330 e. The molecule has 1 rings (SSSR count). The minimum absolute atomic E-state index is 0.279. The summed E-state index contributed by atoms with van der Waals surface area (Å²) in [5.41, 5.74) is 7.10. The zero-order valence-electron chi connectivity index (χ0n) is 10.2. The Bertz CT molecular complexity index is 302. The van der Waals surface area contributed by atoms with Crippen LogP contribution in [0, 0.1) is 5.41 Å². The topological polar surface area (TPSA) is 38.9 Å². The Morgan fingerprint density at radius 1 is 1.47 bits per heavy atom. The maximum Gasteiger partial charge on any atom is 0.0933 e. The van der Waals surface area contributed by atoms with E-state index in [1.807, 2.05) is 0 Å². The second-order valence-electron chi connectivity index (χ2n) is 5.20. The molecule has 0 saturated carbocycles. The molecule has 3 heteroatoms. The van der Waals surface area contributed by atoms with Gasteiger partial charge < -0.3 is 5.73 Å². The smallest absolute Gasteiger partial charge is 0.0933 e. The van der Waals surface area contributed by atoms with E-state index in [1.54, 1.807) is 11.3 Å². The van der Waals surface area contributed by atoms with Crippen molar-refractivity contribution in [3.8, 4) is 0 Å². The van der Waals surface area contributed by atoms with E-state index >= 15 is 0 Å². The zero-order valence-corrected chi connectivity index (χ0v) is 11.0. The first kappa shape index (κ1) is 12.7. The first-order valence-corrected chi connectivity index (χ1v) is 6.47. The maximum atomic E-state index is 5.60. The van der Waals surface area contributed by atoms with E-state index in [0.717, 1.165) is 19.4 Å². The summed E-state index contributed by atoms with van der Waals surface area (Å²) in [4.78, 5) is 4.65. The highest BCUT2D eigenvalue weighted by molar-refractivity contribution is 7.09. The van der Waals surface area contributed by atoms with Crippen LogP contribution in [0.15, 0.2) is 5.38 Å². The van der Waals surface area contributed by atoms with Gasteiger partial charge >= 0.3 is 0 Å². The van der Waals surface area contributed by atoms with Crippen LogP contribution in [0.4, 0.5) is 0 Å². The van der Waals surface area contributed by atoms with Gasteiger partial charge in [-0.1, -0.05) is 27.7 Å². The molecule has 0 radical (unpaired) electrons. The van der Waals surface area contributed by atoms with Crippen LogP contribution in [0.3, 0.4) is 0 Å². The molecule has 1 aromatic heterocycles. The third-order valence-electron chi connectivity index (χ3n) is 2.61. The lowest BCUT2D eigenvalue weighted by Gasteiger charge is -2.22. The van der Waals surface area contributed by atoms with Crippen LogP contribution in [-0.2, 0) is 6.42 Å². The van der Waals surface area contributed by atoms with E-state index in [0.29, 0.717) is 5.92 Å². The molecule has 1 aromatic rings. The van der Waals surface area contributed by atoms with Crippen molar-refractivity contribution in [1.29, 1.82) is 0 Å². The lowest BCUT2D eigenvalue weighted by Crippen LogP contribution is -2.19. The number of rotatable bonds is 5. The van der Waals surface area contributed by atoms with E-state index in [4.69, 9.17) is 5.73 Å². The van der Waals surface area contributed by atoms with Gasteiger partial charge in [-0.3, -0.25) is 0 Å². The Hall–Kier alpha value is -0.410. The molecule has 1 heterocycles. The molecule has 0 bridgehead atoms. The third-order valence-corrected chi connectivity index (χ3v) is 3.48. The summed E-state index contributed by atoms with van der Waals surface area (Å²) in [6.07, 6.45) is 2.10. The first-order valence-electron chi connectivity index (χ1n) is 5.59. The molecule has 2 nitrogen and oxygen atoms in total. The zero-order chi connectivity index (χ0) is 11.5. The van der Waals surface area contributed by atoms with Crippen molar-refractivity contribution in [3.05, 3.63) is 16.1 Å². The second-order valence-corrected chi connectivity index (χ2v) is 6.14. The van der Waals surface area contributed by atoms with Gasteiger partial charge in [-0.25, -0.2) is 4.98 Å². The molecule has 0 aliphatic rings. The van der Waals surface area contributed by atoms with Gasteiger partial charge in [-0.05, 0) is 24.3 Å². The third kappa shape index (κ3) is 3.92. The summed E-state index contributed by atoms with van der Waals surface area (Å²) < 4.78 is 0. The molecule has 0 unspecified atom stereocenters. The van der Waals surface area contributed by atoms with Gasteiger partial charge in [0.25, 0.3) is 0 Å². The van der Waals surface area contributed by atoms with E-state index in [9.17, 15) is 0 Å². The molecule has 2 N–H and O–H groups in total. The van der Waals surface area contributed by atoms with Gasteiger partial charge in [-0.2, -0.15) is 0 Å². The summed E-state index contributed by atoms with van der Waals surface area (Å²) in [7, 11) is 0. The molecule has 0 aliphatic carbocycles. The predicted molar refractivity (Wildman–Crippen MR) is 67.4 cm³/mol. The molecule has 0 aromatic carbocycles. The highest BCUT2D eigenvalue weighted by atomic mass is 32.1. The molecule has 0 atom stereocenters.